The van der Waals surface area contributed by atoms with Crippen LogP contribution in [0.2, 0.25) is 0 Å². The van der Waals surface area contributed by atoms with Crippen LogP contribution in [0.4, 0.5) is 4.79 Å². The van der Waals surface area contributed by atoms with Crippen molar-refractivity contribution in [3.8, 4) is 0 Å². The third-order valence-corrected chi connectivity index (χ3v) is 4.73. The van der Waals surface area contributed by atoms with Crippen molar-refractivity contribution < 1.29 is 22.2 Å². The zero-order valence-electron chi connectivity index (χ0n) is 14.1. The van der Waals surface area contributed by atoms with Crippen molar-refractivity contribution in [3.63, 3.8) is 0 Å². The van der Waals surface area contributed by atoms with Gasteiger partial charge in [0.2, 0.25) is 0 Å². The van der Waals surface area contributed by atoms with Crippen LogP contribution in [0.15, 0.2) is 60.7 Å². The van der Waals surface area contributed by atoms with Crippen molar-refractivity contribution in [2.24, 2.45) is 0 Å². The van der Waals surface area contributed by atoms with Crippen molar-refractivity contribution in [3.05, 3.63) is 71.8 Å². The van der Waals surface area contributed by atoms with E-state index in [1.54, 1.807) is 48.5 Å². The van der Waals surface area contributed by atoms with Crippen molar-refractivity contribution in [2.75, 3.05) is 19.4 Å². The number of benzene rings is 2. The van der Waals surface area contributed by atoms with Crippen LogP contribution in [0.5, 0.6) is 0 Å². The fourth-order valence-electron chi connectivity index (χ4n) is 2.99. The highest BCUT2D eigenvalue weighted by Gasteiger charge is 2.53. The molecule has 1 heterocycles. The molecule has 0 atom stereocenters. The van der Waals surface area contributed by atoms with Gasteiger partial charge in [0.15, 0.2) is 5.54 Å². The summed E-state index contributed by atoms with van der Waals surface area (Å²) in [6.45, 7) is -0.462. The third-order valence-electron chi connectivity index (χ3n) is 4.13. The average molecular weight is 374 g/mol. The number of hydrogen-bond acceptors (Lipinski definition) is 5. The van der Waals surface area contributed by atoms with Crippen LogP contribution < -0.4 is 5.32 Å². The summed E-state index contributed by atoms with van der Waals surface area (Å²) in [4.78, 5) is 26.7. The molecule has 1 fully saturated rings. The Morgan fingerprint density at radius 2 is 1.46 bits per heavy atom. The Morgan fingerprint density at radius 3 is 1.92 bits per heavy atom. The van der Waals surface area contributed by atoms with Crippen LogP contribution >= 0.6 is 0 Å². The molecule has 8 heteroatoms. The molecule has 0 radical (unpaired) electrons. The van der Waals surface area contributed by atoms with Crippen molar-refractivity contribution >= 4 is 22.1 Å². The van der Waals surface area contributed by atoms with Gasteiger partial charge in [-0.2, -0.15) is 8.42 Å². The summed E-state index contributed by atoms with van der Waals surface area (Å²) in [7, 11) is -3.65. The molecule has 2 aromatic rings. The number of urea groups is 1. The lowest BCUT2D eigenvalue weighted by molar-refractivity contribution is -0.130. The molecule has 2 aromatic carbocycles. The summed E-state index contributed by atoms with van der Waals surface area (Å²) in [5.74, 6) is -0.475. The molecule has 0 aromatic heterocycles. The molecular formula is C18H18N2O5S. The summed E-state index contributed by atoms with van der Waals surface area (Å²) in [5, 5.41) is 2.78. The largest absolute Gasteiger partial charge is 0.325 e. The molecule has 0 bridgehead atoms. The minimum atomic E-state index is -3.65. The smallest absolute Gasteiger partial charge is 0.315 e. The highest BCUT2D eigenvalue weighted by molar-refractivity contribution is 7.85. The molecular weight excluding hydrogens is 356 g/mol. The van der Waals surface area contributed by atoms with Gasteiger partial charge in [-0.05, 0) is 11.1 Å². The van der Waals surface area contributed by atoms with Crippen LogP contribution in [0, 0.1) is 0 Å². The quantitative estimate of drug-likeness (QED) is 0.610. The Hall–Kier alpha value is -2.71. The Morgan fingerprint density at radius 1 is 0.962 bits per heavy atom. The number of nitrogens with one attached hydrogen (secondary N) is 1. The summed E-state index contributed by atoms with van der Waals surface area (Å²) in [5.41, 5.74) is -0.114. The second-order valence-corrected chi connectivity index (χ2v) is 7.54. The van der Waals surface area contributed by atoms with Gasteiger partial charge >= 0.3 is 6.03 Å². The van der Waals surface area contributed by atoms with Gasteiger partial charge in [0.05, 0.1) is 19.4 Å². The maximum absolute atomic E-state index is 13.2. The second-order valence-electron chi connectivity index (χ2n) is 5.90. The van der Waals surface area contributed by atoms with Crippen LogP contribution in [-0.2, 0) is 24.6 Å². The molecule has 136 valence electrons. The lowest BCUT2D eigenvalue weighted by Crippen LogP contribution is -2.45. The molecule has 0 spiro atoms. The van der Waals surface area contributed by atoms with E-state index in [1.165, 1.54) is 0 Å². The van der Waals surface area contributed by atoms with Crippen molar-refractivity contribution in [1.29, 1.82) is 0 Å². The summed E-state index contributed by atoms with van der Waals surface area (Å²) >= 11 is 0. The number of carbonyl (C=O) groups excluding carboxylic acids is 2. The van der Waals surface area contributed by atoms with E-state index in [4.69, 9.17) is 0 Å². The first-order valence-corrected chi connectivity index (χ1v) is 9.76. The predicted molar refractivity (Wildman–Crippen MR) is 94.7 cm³/mol. The average Bonchev–Trinajstić information content (AvgIpc) is 2.88. The number of carbonyl (C=O) groups is 2. The molecule has 1 aliphatic rings. The van der Waals surface area contributed by atoms with E-state index in [0.717, 1.165) is 11.2 Å². The molecule has 0 aliphatic carbocycles. The van der Waals surface area contributed by atoms with Crippen molar-refractivity contribution in [2.45, 2.75) is 5.54 Å². The first-order chi connectivity index (χ1) is 12.3. The van der Waals surface area contributed by atoms with E-state index in [-0.39, 0.29) is 13.2 Å². The zero-order chi connectivity index (χ0) is 18.8. The molecule has 1 aliphatic heterocycles. The molecule has 0 saturated carbocycles. The maximum Gasteiger partial charge on any atom is 0.325 e. The minimum Gasteiger partial charge on any atom is -0.315 e. The monoisotopic (exact) mass is 374 g/mol. The molecule has 1 N–H and O–H groups in total. The fraction of sp³-hybridized carbons (Fsp3) is 0.222. The standard InChI is InChI=1S/C18H18N2O5S/c1-26(23,24)25-13-12-20-16(21)18(19-17(20)22,14-8-4-2-5-9-14)15-10-6-3-7-11-15/h2-11H,12-13H2,1H3,(H,19,22). The van der Waals surface area contributed by atoms with Crippen LogP contribution in [0.3, 0.4) is 0 Å². The topological polar surface area (TPSA) is 92.8 Å². The highest BCUT2D eigenvalue weighted by Crippen LogP contribution is 2.35. The van der Waals surface area contributed by atoms with Crippen LogP contribution in [0.1, 0.15) is 11.1 Å². The third kappa shape index (κ3) is 3.33. The maximum atomic E-state index is 13.2. The molecule has 0 unspecified atom stereocenters. The first-order valence-electron chi connectivity index (χ1n) is 7.94. The SMILES string of the molecule is CS(=O)(=O)OCCN1C(=O)NC(c2ccccc2)(c2ccccc2)C1=O. The van der Waals surface area contributed by atoms with Gasteiger partial charge in [-0.25, -0.2) is 4.79 Å². The van der Waals surface area contributed by atoms with Gasteiger partial charge < -0.3 is 5.32 Å². The first kappa shape index (κ1) is 18.1. The van der Waals surface area contributed by atoms with Crippen LogP contribution in [-0.4, -0.2) is 44.7 Å². The van der Waals surface area contributed by atoms with E-state index < -0.39 is 27.6 Å². The summed E-state index contributed by atoms with van der Waals surface area (Å²) < 4.78 is 26.9. The Labute approximate surface area is 151 Å². The second kappa shape index (κ2) is 6.89. The molecule has 7 nitrogen and oxygen atoms in total. The number of nitrogens with zero attached hydrogens (tertiary/aromatic N) is 1. The van der Waals surface area contributed by atoms with Gasteiger partial charge in [-0.1, -0.05) is 60.7 Å². The van der Waals surface area contributed by atoms with E-state index >= 15 is 0 Å². The Kier molecular flexibility index (Phi) is 4.80. The normalized spacial score (nSPS) is 16.6. The van der Waals surface area contributed by atoms with E-state index in [2.05, 4.69) is 9.50 Å². The molecule has 3 rings (SSSR count). The van der Waals surface area contributed by atoms with Gasteiger partial charge in [0, 0.05) is 0 Å². The van der Waals surface area contributed by atoms with Gasteiger partial charge in [-0.3, -0.25) is 13.9 Å². The number of amides is 3. The van der Waals surface area contributed by atoms with E-state index in [1.807, 2.05) is 12.1 Å². The highest BCUT2D eigenvalue weighted by atomic mass is 32.2. The zero-order valence-corrected chi connectivity index (χ0v) is 14.9. The minimum absolute atomic E-state index is 0.168. The fourth-order valence-corrected chi connectivity index (χ4v) is 3.37. The molecule has 3 amide bonds. The molecule has 26 heavy (non-hydrogen) atoms. The number of rotatable bonds is 6. The molecule has 1 saturated heterocycles. The van der Waals surface area contributed by atoms with Crippen LogP contribution in [0.25, 0.3) is 0 Å². The van der Waals surface area contributed by atoms with Gasteiger partial charge in [0.25, 0.3) is 16.0 Å². The number of hydrogen-bond donors (Lipinski definition) is 1. The van der Waals surface area contributed by atoms with E-state index in [9.17, 15) is 18.0 Å². The predicted octanol–water partition coefficient (Wildman–Crippen LogP) is 1.46. The lowest BCUT2D eigenvalue weighted by atomic mass is 9.82. The number of imide groups is 1. The summed E-state index contributed by atoms with van der Waals surface area (Å²) in [6.07, 6.45) is 0.914. The van der Waals surface area contributed by atoms with Gasteiger partial charge in [-0.15, -0.1) is 0 Å². The Balaban J connectivity index is 1.99. The summed E-state index contributed by atoms with van der Waals surface area (Å²) in [6, 6.07) is 17.3. The van der Waals surface area contributed by atoms with Crippen molar-refractivity contribution in [1.82, 2.24) is 10.2 Å². The van der Waals surface area contributed by atoms with E-state index in [0.29, 0.717) is 11.1 Å². The van der Waals surface area contributed by atoms with Gasteiger partial charge in [0.1, 0.15) is 0 Å². The Bertz CT molecular complexity index is 874. The lowest BCUT2D eigenvalue weighted by Gasteiger charge is -2.28.